The minimum atomic E-state index is 0.424. The van der Waals surface area contributed by atoms with E-state index < -0.39 is 0 Å². The van der Waals surface area contributed by atoms with Gasteiger partial charge in [0.2, 0.25) is 0 Å². The molecule has 0 amide bonds. The molecule has 16 heavy (non-hydrogen) atoms. The fraction of sp³-hybridized carbons (Fsp3) is 0.231. The zero-order chi connectivity index (χ0) is 11.0. The van der Waals surface area contributed by atoms with E-state index in [1.165, 1.54) is 5.39 Å². The second kappa shape index (κ2) is 3.91. The predicted octanol–water partition coefficient (Wildman–Crippen LogP) is 3.12. The first-order valence-electron chi connectivity index (χ1n) is 5.40. The van der Waals surface area contributed by atoms with Gasteiger partial charge in [0, 0.05) is 11.1 Å². The number of hydrogen-bond acceptors (Lipinski definition) is 3. The maximum Gasteiger partial charge on any atom is 0.117 e. The van der Waals surface area contributed by atoms with Gasteiger partial charge in [0.05, 0.1) is 17.3 Å². The smallest absolute Gasteiger partial charge is 0.117 e. The lowest BCUT2D eigenvalue weighted by atomic mass is 10.2. The first kappa shape index (κ1) is 9.85. The van der Waals surface area contributed by atoms with E-state index >= 15 is 0 Å². The molecule has 2 nitrogen and oxygen atoms in total. The molecule has 0 aliphatic carbocycles. The third-order valence-electron chi connectivity index (χ3n) is 2.62. The predicted molar refractivity (Wildman–Crippen MR) is 70.2 cm³/mol. The summed E-state index contributed by atoms with van der Waals surface area (Å²) in [6, 6.07) is 12.8. The molecule has 0 saturated heterocycles. The standard InChI is InChI=1S/C13H12N2S/c1-9-8-16-13(14-9)12-7-6-10-4-2-3-5-11(10)15-12/h2-7,9H,8H2,1H3/t9-/m1/s1. The number of fused-ring (bicyclic) bond motifs is 1. The molecule has 2 aromatic rings. The molecular formula is C13H12N2S. The molecule has 0 bridgehead atoms. The largest absolute Gasteiger partial charge is 0.272 e. The normalized spacial score (nSPS) is 20.1. The van der Waals surface area contributed by atoms with Crippen molar-refractivity contribution in [1.82, 2.24) is 4.98 Å². The van der Waals surface area contributed by atoms with Crippen LogP contribution in [0.2, 0.25) is 0 Å². The van der Waals surface area contributed by atoms with Crippen LogP contribution in [-0.4, -0.2) is 21.8 Å². The van der Waals surface area contributed by atoms with Gasteiger partial charge in [0.15, 0.2) is 0 Å². The number of nitrogens with zero attached hydrogens (tertiary/aromatic N) is 2. The third-order valence-corrected chi connectivity index (χ3v) is 3.85. The van der Waals surface area contributed by atoms with Crippen LogP contribution in [0.25, 0.3) is 10.9 Å². The maximum atomic E-state index is 4.64. The van der Waals surface area contributed by atoms with Crippen LogP contribution in [0.3, 0.4) is 0 Å². The highest BCUT2D eigenvalue weighted by Crippen LogP contribution is 2.23. The van der Waals surface area contributed by atoms with Crippen LogP contribution in [-0.2, 0) is 0 Å². The number of pyridine rings is 1. The molecule has 1 aromatic carbocycles. The highest BCUT2D eigenvalue weighted by molar-refractivity contribution is 8.14. The van der Waals surface area contributed by atoms with Gasteiger partial charge in [0.1, 0.15) is 5.04 Å². The monoisotopic (exact) mass is 228 g/mol. The second-order valence-corrected chi connectivity index (χ2v) is 4.99. The van der Waals surface area contributed by atoms with Crippen molar-refractivity contribution >= 4 is 27.7 Å². The molecule has 1 aromatic heterocycles. The van der Waals surface area contributed by atoms with E-state index in [0.717, 1.165) is 22.0 Å². The number of benzene rings is 1. The highest BCUT2D eigenvalue weighted by Gasteiger charge is 2.16. The summed E-state index contributed by atoms with van der Waals surface area (Å²) in [6.07, 6.45) is 0. The summed E-state index contributed by atoms with van der Waals surface area (Å²) in [7, 11) is 0. The molecular weight excluding hydrogens is 216 g/mol. The molecule has 1 aliphatic heterocycles. The van der Waals surface area contributed by atoms with Crippen molar-refractivity contribution in [2.24, 2.45) is 4.99 Å². The molecule has 0 N–H and O–H groups in total. The lowest BCUT2D eigenvalue weighted by molar-refractivity contribution is 0.865. The Balaban J connectivity index is 2.09. The second-order valence-electron chi connectivity index (χ2n) is 3.98. The van der Waals surface area contributed by atoms with E-state index in [1.54, 1.807) is 11.8 Å². The zero-order valence-electron chi connectivity index (χ0n) is 9.05. The Morgan fingerprint density at radius 1 is 1.19 bits per heavy atom. The minimum Gasteiger partial charge on any atom is -0.272 e. The van der Waals surface area contributed by atoms with Crippen LogP contribution < -0.4 is 0 Å². The molecule has 1 aliphatic rings. The van der Waals surface area contributed by atoms with Gasteiger partial charge in [-0.3, -0.25) is 4.99 Å². The number of hydrogen-bond donors (Lipinski definition) is 0. The van der Waals surface area contributed by atoms with Crippen LogP contribution >= 0.6 is 11.8 Å². The van der Waals surface area contributed by atoms with Crippen molar-refractivity contribution in [3.05, 3.63) is 42.1 Å². The van der Waals surface area contributed by atoms with Gasteiger partial charge in [-0.1, -0.05) is 24.3 Å². The highest BCUT2D eigenvalue weighted by atomic mass is 32.2. The first-order valence-corrected chi connectivity index (χ1v) is 6.38. The lowest BCUT2D eigenvalue weighted by Gasteiger charge is -2.01. The Morgan fingerprint density at radius 2 is 2.06 bits per heavy atom. The van der Waals surface area contributed by atoms with Gasteiger partial charge in [-0.2, -0.15) is 0 Å². The summed E-state index contributed by atoms with van der Waals surface area (Å²) in [5.74, 6) is 1.07. The molecule has 3 rings (SSSR count). The van der Waals surface area contributed by atoms with E-state index in [1.807, 2.05) is 18.2 Å². The third kappa shape index (κ3) is 1.71. The molecule has 0 radical (unpaired) electrons. The number of aromatic nitrogens is 1. The van der Waals surface area contributed by atoms with E-state index in [9.17, 15) is 0 Å². The van der Waals surface area contributed by atoms with Crippen LogP contribution in [0.5, 0.6) is 0 Å². The molecule has 3 heteroatoms. The van der Waals surface area contributed by atoms with Crippen LogP contribution in [0.1, 0.15) is 12.6 Å². The quantitative estimate of drug-likeness (QED) is 0.749. The van der Waals surface area contributed by atoms with Crippen molar-refractivity contribution in [3.8, 4) is 0 Å². The summed E-state index contributed by atoms with van der Waals surface area (Å²) in [4.78, 5) is 9.22. The van der Waals surface area contributed by atoms with Crippen molar-refractivity contribution in [3.63, 3.8) is 0 Å². The average molecular weight is 228 g/mol. The molecule has 0 unspecified atom stereocenters. The number of aliphatic imine (C=N–C) groups is 1. The number of para-hydroxylation sites is 1. The molecule has 2 heterocycles. The fourth-order valence-corrected chi connectivity index (χ4v) is 2.79. The Kier molecular flexibility index (Phi) is 2.40. The van der Waals surface area contributed by atoms with Crippen LogP contribution in [0, 0.1) is 0 Å². The van der Waals surface area contributed by atoms with Gasteiger partial charge in [0.25, 0.3) is 0 Å². The summed E-state index contributed by atoms with van der Waals surface area (Å²) >= 11 is 1.80. The minimum absolute atomic E-state index is 0.424. The van der Waals surface area contributed by atoms with Gasteiger partial charge in [-0.25, -0.2) is 4.98 Å². The first-order chi connectivity index (χ1) is 7.83. The van der Waals surface area contributed by atoms with Crippen molar-refractivity contribution in [2.45, 2.75) is 13.0 Å². The average Bonchev–Trinajstić information content (AvgIpc) is 2.75. The Hall–Kier alpha value is -1.35. The summed E-state index contributed by atoms with van der Waals surface area (Å²) in [5.41, 5.74) is 2.05. The van der Waals surface area contributed by atoms with Gasteiger partial charge in [-0.05, 0) is 19.1 Å². The molecule has 1 atom stereocenters. The fourth-order valence-electron chi connectivity index (χ4n) is 1.80. The zero-order valence-corrected chi connectivity index (χ0v) is 9.87. The van der Waals surface area contributed by atoms with E-state index in [-0.39, 0.29) is 0 Å². The van der Waals surface area contributed by atoms with Crippen molar-refractivity contribution in [1.29, 1.82) is 0 Å². The summed E-state index contributed by atoms with van der Waals surface area (Å²) in [5, 5.41) is 2.26. The van der Waals surface area contributed by atoms with Crippen molar-refractivity contribution < 1.29 is 0 Å². The molecule has 0 saturated carbocycles. The lowest BCUT2D eigenvalue weighted by Crippen LogP contribution is -1.96. The molecule has 80 valence electrons. The Morgan fingerprint density at radius 3 is 2.88 bits per heavy atom. The van der Waals surface area contributed by atoms with Crippen LogP contribution in [0.15, 0.2) is 41.4 Å². The van der Waals surface area contributed by atoms with Gasteiger partial charge >= 0.3 is 0 Å². The Labute approximate surface area is 98.8 Å². The molecule has 0 fully saturated rings. The number of rotatable bonds is 1. The number of thioether (sulfide) groups is 1. The van der Waals surface area contributed by atoms with Gasteiger partial charge in [-0.15, -0.1) is 11.8 Å². The summed E-state index contributed by atoms with van der Waals surface area (Å²) in [6.45, 7) is 2.14. The Bertz CT molecular complexity index is 563. The topological polar surface area (TPSA) is 25.2 Å². The van der Waals surface area contributed by atoms with E-state index in [2.05, 4.69) is 35.1 Å². The van der Waals surface area contributed by atoms with Crippen molar-refractivity contribution in [2.75, 3.05) is 5.75 Å². The molecule has 0 spiro atoms. The van der Waals surface area contributed by atoms with Gasteiger partial charge < -0.3 is 0 Å². The summed E-state index contributed by atoms with van der Waals surface area (Å²) < 4.78 is 0. The van der Waals surface area contributed by atoms with E-state index in [0.29, 0.717) is 6.04 Å². The van der Waals surface area contributed by atoms with E-state index in [4.69, 9.17) is 0 Å². The SMILES string of the molecule is C[C@@H]1CSC(c2ccc3ccccc3n2)=N1. The maximum absolute atomic E-state index is 4.64. The van der Waals surface area contributed by atoms with Crippen LogP contribution in [0.4, 0.5) is 0 Å².